The first-order valence-corrected chi connectivity index (χ1v) is 4.47. The van der Waals surface area contributed by atoms with Gasteiger partial charge in [-0.05, 0) is 0 Å². The number of hydrogen-bond acceptors (Lipinski definition) is 5. The number of nitrogens with zero attached hydrogens (tertiary/aromatic N) is 1. The number of carboxylic acid groups (broad SMARTS) is 2. The maximum absolute atomic E-state index is 10.7. The van der Waals surface area contributed by atoms with Gasteiger partial charge in [-0.25, -0.2) is 4.79 Å². The van der Waals surface area contributed by atoms with Gasteiger partial charge in [0.15, 0.2) is 11.3 Å². The Morgan fingerprint density at radius 3 is 2.73 bits per heavy atom. The van der Waals surface area contributed by atoms with Crippen LogP contribution in [0.2, 0.25) is 0 Å². The molecule has 2 heterocycles. The monoisotopic (exact) mass is 214 g/mol. The van der Waals surface area contributed by atoms with Gasteiger partial charge in [0.05, 0.1) is 0 Å². The maximum atomic E-state index is 10.7. The van der Waals surface area contributed by atoms with Gasteiger partial charge < -0.3 is 20.4 Å². The molecule has 15 heavy (non-hydrogen) atoms. The lowest BCUT2D eigenvalue weighted by molar-refractivity contribution is -0.139. The van der Waals surface area contributed by atoms with Crippen LogP contribution in [-0.2, 0) is 14.4 Å². The van der Waals surface area contributed by atoms with Crippen LogP contribution < -0.4 is 5.32 Å². The summed E-state index contributed by atoms with van der Waals surface area (Å²) in [6.45, 7) is 0.310. The Kier molecular flexibility index (Phi) is 2.11. The van der Waals surface area contributed by atoms with Gasteiger partial charge in [0.1, 0.15) is 6.04 Å². The van der Waals surface area contributed by atoms with E-state index in [-0.39, 0.29) is 18.6 Å². The highest BCUT2D eigenvalue weighted by Gasteiger charge is 2.49. The number of aliphatic carboxylic acids is 2. The maximum Gasteiger partial charge on any atom is 0.353 e. The van der Waals surface area contributed by atoms with Gasteiger partial charge in [-0.3, -0.25) is 4.79 Å². The Bertz CT molecular complexity index is 353. The van der Waals surface area contributed by atoms with Gasteiger partial charge in [-0.15, -0.1) is 0 Å². The van der Waals surface area contributed by atoms with E-state index in [0.29, 0.717) is 6.54 Å². The minimum absolute atomic E-state index is 0.0529. The fraction of sp³-hybridized carbons (Fsp3) is 0.625. The van der Waals surface area contributed by atoms with E-state index in [0.717, 1.165) is 0 Å². The number of hydrogen-bond donors (Lipinski definition) is 3. The molecule has 0 amide bonds. The van der Waals surface area contributed by atoms with Crippen LogP contribution >= 0.6 is 0 Å². The topological polar surface area (TPSA) is 108 Å². The minimum Gasteiger partial charge on any atom is -0.480 e. The predicted octanol–water partition coefficient (Wildman–Crippen LogP) is -0.967. The second-order valence-corrected chi connectivity index (χ2v) is 3.77. The van der Waals surface area contributed by atoms with Crippen molar-refractivity contribution < 1.29 is 24.6 Å². The van der Waals surface area contributed by atoms with Gasteiger partial charge in [0.2, 0.25) is 0 Å². The third kappa shape index (κ3) is 1.65. The van der Waals surface area contributed by atoms with Crippen molar-refractivity contribution in [1.29, 1.82) is 0 Å². The van der Waals surface area contributed by atoms with Crippen LogP contribution in [0.1, 0.15) is 12.8 Å². The standard InChI is InChI=1S/C8H10N2O5/c11-6(12)4-1-8(3-9-4)2-5(7(13)14)10-15-8/h4,9H,1-3H2,(H,11,12)(H,13,14)/t4-,8-/m1/s1. The number of nitrogens with one attached hydrogen (secondary N) is 1. The summed E-state index contributed by atoms with van der Waals surface area (Å²) < 4.78 is 0. The van der Waals surface area contributed by atoms with Gasteiger partial charge in [-0.1, -0.05) is 5.16 Å². The summed E-state index contributed by atoms with van der Waals surface area (Å²) in [7, 11) is 0. The molecule has 2 rings (SSSR count). The van der Waals surface area contributed by atoms with Crippen LogP contribution in [0, 0.1) is 0 Å². The zero-order chi connectivity index (χ0) is 11.1. The lowest BCUT2D eigenvalue weighted by Crippen LogP contribution is -2.32. The van der Waals surface area contributed by atoms with Crippen molar-refractivity contribution in [1.82, 2.24) is 5.32 Å². The molecule has 0 saturated carbocycles. The van der Waals surface area contributed by atoms with E-state index in [1.807, 2.05) is 0 Å². The Morgan fingerprint density at radius 1 is 1.53 bits per heavy atom. The molecule has 82 valence electrons. The fourth-order valence-electron chi connectivity index (χ4n) is 1.84. The highest BCUT2D eigenvalue weighted by atomic mass is 16.7. The zero-order valence-corrected chi connectivity index (χ0v) is 7.77. The summed E-state index contributed by atoms with van der Waals surface area (Å²) in [6.07, 6.45) is 0.391. The first-order valence-electron chi connectivity index (χ1n) is 4.47. The average Bonchev–Trinajstić information content (AvgIpc) is 2.74. The molecule has 2 atom stereocenters. The molecule has 3 N–H and O–H groups in total. The smallest absolute Gasteiger partial charge is 0.353 e. The minimum atomic E-state index is -1.12. The van der Waals surface area contributed by atoms with Crippen molar-refractivity contribution in [2.45, 2.75) is 24.5 Å². The number of rotatable bonds is 2. The van der Waals surface area contributed by atoms with Crippen molar-refractivity contribution in [3.8, 4) is 0 Å². The quantitative estimate of drug-likeness (QED) is 0.546. The third-order valence-corrected chi connectivity index (χ3v) is 2.63. The number of oxime groups is 1. The van der Waals surface area contributed by atoms with E-state index in [4.69, 9.17) is 15.1 Å². The van der Waals surface area contributed by atoms with Crippen LogP contribution in [0.25, 0.3) is 0 Å². The van der Waals surface area contributed by atoms with Crippen molar-refractivity contribution in [2.75, 3.05) is 6.54 Å². The Balaban J connectivity index is 2.03. The van der Waals surface area contributed by atoms with Crippen molar-refractivity contribution >= 4 is 17.7 Å². The average molecular weight is 214 g/mol. The summed E-state index contributed by atoms with van der Waals surface area (Å²) in [5.74, 6) is -2.08. The molecule has 0 bridgehead atoms. The Hall–Kier alpha value is -1.63. The van der Waals surface area contributed by atoms with Gasteiger partial charge >= 0.3 is 11.9 Å². The zero-order valence-electron chi connectivity index (χ0n) is 7.77. The molecule has 0 aliphatic carbocycles. The summed E-state index contributed by atoms with van der Waals surface area (Å²) in [4.78, 5) is 26.3. The second-order valence-electron chi connectivity index (χ2n) is 3.77. The van der Waals surface area contributed by atoms with Gasteiger partial charge in [0, 0.05) is 19.4 Å². The van der Waals surface area contributed by atoms with Crippen molar-refractivity contribution in [2.24, 2.45) is 5.16 Å². The molecule has 1 fully saturated rings. The first kappa shape index (κ1) is 9.91. The predicted molar refractivity (Wildman–Crippen MR) is 47.5 cm³/mol. The van der Waals surface area contributed by atoms with Crippen LogP contribution in [0.4, 0.5) is 0 Å². The van der Waals surface area contributed by atoms with E-state index in [2.05, 4.69) is 10.5 Å². The molecule has 2 aliphatic heterocycles. The van der Waals surface area contributed by atoms with Gasteiger partial charge in [-0.2, -0.15) is 0 Å². The highest BCUT2D eigenvalue weighted by molar-refractivity contribution is 6.36. The van der Waals surface area contributed by atoms with Crippen LogP contribution in [0.5, 0.6) is 0 Å². The molecule has 2 aliphatic rings. The Morgan fingerprint density at radius 2 is 2.27 bits per heavy atom. The van der Waals surface area contributed by atoms with Crippen molar-refractivity contribution in [3.63, 3.8) is 0 Å². The van der Waals surface area contributed by atoms with Crippen LogP contribution in [-0.4, -0.2) is 46.1 Å². The van der Waals surface area contributed by atoms with E-state index in [1.165, 1.54) is 0 Å². The molecule has 0 radical (unpaired) electrons. The first-order chi connectivity index (χ1) is 7.02. The summed E-state index contributed by atoms with van der Waals surface area (Å²) in [5.41, 5.74) is -0.834. The molecule has 0 aromatic heterocycles. The van der Waals surface area contributed by atoms with E-state index in [1.54, 1.807) is 0 Å². The van der Waals surface area contributed by atoms with Crippen LogP contribution in [0.3, 0.4) is 0 Å². The summed E-state index contributed by atoms with van der Waals surface area (Å²) in [5, 5.41) is 23.7. The van der Waals surface area contributed by atoms with Gasteiger partial charge in [0.25, 0.3) is 0 Å². The molecule has 1 saturated heterocycles. The van der Waals surface area contributed by atoms with E-state index in [9.17, 15) is 9.59 Å². The van der Waals surface area contributed by atoms with Crippen molar-refractivity contribution in [3.05, 3.63) is 0 Å². The lowest BCUT2D eigenvalue weighted by Gasteiger charge is -2.18. The SMILES string of the molecule is O=C(O)C1=NO[C@@]2(CN[C@@H](C(=O)O)C2)C1. The molecule has 0 aromatic rings. The molecule has 7 nitrogen and oxygen atoms in total. The van der Waals surface area contributed by atoms with E-state index < -0.39 is 23.6 Å². The summed E-state index contributed by atoms with van der Waals surface area (Å²) >= 11 is 0. The largest absolute Gasteiger partial charge is 0.480 e. The number of carboxylic acids is 2. The van der Waals surface area contributed by atoms with E-state index >= 15 is 0 Å². The highest BCUT2D eigenvalue weighted by Crippen LogP contribution is 2.32. The molecular weight excluding hydrogens is 204 g/mol. The molecule has 1 spiro atoms. The summed E-state index contributed by atoms with van der Waals surface area (Å²) in [6, 6.07) is -0.687. The third-order valence-electron chi connectivity index (χ3n) is 2.63. The molecule has 0 unspecified atom stereocenters. The number of carbonyl (C=O) groups is 2. The second kappa shape index (κ2) is 3.20. The molecule has 7 heteroatoms. The lowest BCUT2D eigenvalue weighted by atomic mass is 9.94. The molecule has 0 aromatic carbocycles. The fourth-order valence-corrected chi connectivity index (χ4v) is 1.84. The Labute approximate surface area is 84.7 Å². The molecular formula is C8H10N2O5. The van der Waals surface area contributed by atoms with Crippen LogP contribution in [0.15, 0.2) is 5.16 Å². The normalized spacial score (nSPS) is 33.9.